The zero-order valence-corrected chi connectivity index (χ0v) is 10.9. The minimum Gasteiger partial charge on any atom is -0.459 e. The molecule has 0 spiro atoms. The maximum atomic E-state index is 11.7. The summed E-state index contributed by atoms with van der Waals surface area (Å²) in [5, 5.41) is 0. The molecule has 0 bridgehead atoms. The van der Waals surface area contributed by atoms with Crippen LogP contribution in [0.1, 0.15) is 53.9 Å². The summed E-state index contributed by atoms with van der Waals surface area (Å²) in [4.78, 5) is 23.1. The van der Waals surface area contributed by atoms with E-state index in [1.165, 1.54) is 6.92 Å². The Balaban J connectivity index is 4.84. The highest BCUT2D eigenvalue weighted by atomic mass is 16.5. The van der Waals surface area contributed by atoms with Crippen molar-refractivity contribution in [3.05, 3.63) is 11.1 Å². The summed E-state index contributed by atoms with van der Waals surface area (Å²) >= 11 is 0. The number of esters is 1. The van der Waals surface area contributed by atoms with Crippen molar-refractivity contribution in [3.63, 3.8) is 0 Å². The molecule has 0 rings (SSSR count). The Morgan fingerprint density at radius 2 is 1.75 bits per heavy atom. The van der Waals surface area contributed by atoms with Crippen LogP contribution in [0.2, 0.25) is 0 Å². The van der Waals surface area contributed by atoms with Crippen molar-refractivity contribution in [1.29, 1.82) is 0 Å². The number of ketones is 1. The third-order valence-corrected chi connectivity index (χ3v) is 2.23. The van der Waals surface area contributed by atoms with Crippen LogP contribution in [0.5, 0.6) is 0 Å². The van der Waals surface area contributed by atoms with Crippen molar-refractivity contribution in [2.24, 2.45) is 0 Å². The zero-order valence-electron chi connectivity index (χ0n) is 10.9. The van der Waals surface area contributed by atoms with Gasteiger partial charge in [0.15, 0.2) is 5.78 Å². The predicted octanol–water partition coefficient (Wildman–Crippen LogP) is 3.03. The smallest absolute Gasteiger partial charge is 0.341 e. The first-order valence-electron chi connectivity index (χ1n) is 5.81. The monoisotopic (exact) mass is 226 g/mol. The molecule has 0 heterocycles. The summed E-state index contributed by atoms with van der Waals surface area (Å²) in [5.74, 6) is -0.699. The van der Waals surface area contributed by atoms with Gasteiger partial charge in [0.2, 0.25) is 0 Å². The van der Waals surface area contributed by atoms with Crippen LogP contribution in [0, 0.1) is 0 Å². The van der Waals surface area contributed by atoms with Gasteiger partial charge in [-0.25, -0.2) is 4.79 Å². The fourth-order valence-electron chi connectivity index (χ4n) is 1.46. The summed E-state index contributed by atoms with van der Waals surface area (Å²) in [7, 11) is 0. The quantitative estimate of drug-likeness (QED) is 0.302. The average molecular weight is 226 g/mol. The molecule has 0 aromatic rings. The number of carbonyl (C=O) groups is 2. The minimum atomic E-state index is -0.490. The van der Waals surface area contributed by atoms with Crippen LogP contribution >= 0.6 is 0 Å². The molecule has 0 saturated carbocycles. The van der Waals surface area contributed by atoms with E-state index in [-0.39, 0.29) is 17.5 Å². The first-order chi connectivity index (χ1) is 7.40. The summed E-state index contributed by atoms with van der Waals surface area (Å²) in [6.45, 7) is 8.86. The Bertz CT molecular complexity index is 288. The fraction of sp³-hybridized carbons (Fsp3) is 0.692. The molecule has 16 heavy (non-hydrogen) atoms. The summed E-state index contributed by atoms with van der Waals surface area (Å²) in [6, 6.07) is 0. The number of hydrogen-bond acceptors (Lipinski definition) is 3. The first kappa shape index (κ1) is 14.9. The molecule has 0 amide bonds. The number of carbonyl (C=O) groups excluding carboxylic acids is 2. The molecule has 0 aromatic heterocycles. The Morgan fingerprint density at radius 3 is 2.12 bits per heavy atom. The Morgan fingerprint density at radius 1 is 1.19 bits per heavy atom. The van der Waals surface area contributed by atoms with Gasteiger partial charge in [-0.1, -0.05) is 18.9 Å². The van der Waals surface area contributed by atoms with Gasteiger partial charge >= 0.3 is 5.97 Å². The van der Waals surface area contributed by atoms with Crippen LogP contribution in [-0.2, 0) is 14.3 Å². The molecule has 92 valence electrons. The first-order valence-corrected chi connectivity index (χ1v) is 5.81. The van der Waals surface area contributed by atoms with Gasteiger partial charge in [-0.2, -0.15) is 0 Å². The zero-order chi connectivity index (χ0) is 12.7. The van der Waals surface area contributed by atoms with E-state index in [4.69, 9.17) is 4.74 Å². The van der Waals surface area contributed by atoms with Crippen molar-refractivity contribution < 1.29 is 14.3 Å². The Kier molecular flexibility index (Phi) is 6.70. The second-order valence-corrected chi connectivity index (χ2v) is 4.27. The van der Waals surface area contributed by atoms with Gasteiger partial charge in [-0.05, 0) is 40.5 Å². The van der Waals surface area contributed by atoms with Gasteiger partial charge in [0, 0.05) is 0 Å². The normalized spacial score (nSPS) is 12.4. The highest BCUT2D eigenvalue weighted by Crippen LogP contribution is 2.15. The van der Waals surface area contributed by atoms with Crippen LogP contribution < -0.4 is 0 Å². The van der Waals surface area contributed by atoms with E-state index in [1.54, 1.807) is 13.8 Å². The van der Waals surface area contributed by atoms with Gasteiger partial charge < -0.3 is 4.74 Å². The molecule has 0 atom stereocenters. The lowest BCUT2D eigenvalue weighted by molar-refractivity contribution is -0.143. The van der Waals surface area contributed by atoms with Crippen LogP contribution in [-0.4, -0.2) is 17.9 Å². The Hall–Kier alpha value is -1.12. The van der Waals surface area contributed by atoms with Crippen LogP contribution in [0.15, 0.2) is 11.1 Å². The maximum Gasteiger partial charge on any atom is 0.341 e. The number of hydrogen-bond donors (Lipinski definition) is 0. The van der Waals surface area contributed by atoms with Gasteiger partial charge in [0.05, 0.1) is 6.10 Å². The third-order valence-electron chi connectivity index (χ3n) is 2.23. The van der Waals surface area contributed by atoms with Crippen molar-refractivity contribution >= 4 is 11.8 Å². The number of allylic oxidation sites excluding steroid dienone is 1. The number of rotatable bonds is 6. The highest BCUT2D eigenvalue weighted by molar-refractivity contribution is 6.17. The van der Waals surface area contributed by atoms with E-state index >= 15 is 0 Å². The molecule has 0 aliphatic heterocycles. The number of unbranched alkanes of at least 4 members (excludes halogenated alkanes) is 1. The largest absolute Gasteiger partial charge is 0.459 e. The van der Waals surface area contributed by atoms with E-state index in [0.717, 1.165) is 24.8 Å². The van der Waals surface area contributed by atoms with Gasteiger partial charge in [-0.3, -0.25) is 4.79 Å². The summed E-state index contributed by atoms with van der Waals surface area (Å²) in [6.07, 6.45) is 2.61. The lowest BCUT2D eigenvalue weighted by Gasteiger charge is -2.11. The molecule has 0 aromatic carbocycles. The molecule has 0 fully saturated rings. The van der Waals surface area contributed by atoms with Crippen LogP contribution in [0.25, 0.3) is 0 Å². The molecular formula is C13H22O3. The minimum absolute atomic E-state index is 0.194. The number of ether oxygens (including phenoxy) is 1. The second kappa shape index (κ2) is 7.20. The molecule has 0 unspecified atom stereocenters. The van der Waals surface area contributed by atoms with Gasteiger partial charge in [0.1, 0.15) is 5.57 Å². The average Bonchev–Trinajstić information content (AvgIpc) is 2.12. The third kappa shape index (κ3) is 5.10. The van der Waals surface area contributed by atoms with E-state index < -0.39 is 5.97 Å². The van der Waals surface area contributed by atoms with Crippen molar-refractivity contribution in [3.8, 4) is 0 Å². The molecule has 0 N–H and O–H groups in total. The van der Waals surface area contributed by atoms with Gasteiger partial charge in [0.25, 0.3) is 0 Å². The molecule has 0 aliphatic rings. The number of Topliss-reactive ketones (excluding diaryl/α,β-unsaturated/α-hetero) is 1. The molecule has 3 nitrogen and oxygen atoms in total. The van der Waals surface area contributed by atoms with Crippen molar-refractivity contribution in [2.45, 2.75) is 60.0 Å². The molecule has 3 heteroatoms. The molecular weight excluding hydrogens is 204 g/mol. The van der Waals surface area contributed by atoms with Crippen molar-refractivity contribution in [1.82, 2.24) is 0 Å². The maximum absolute atomic E-state index is 11.7. The molecule has 0 radical (unpaired) electrons. The predicted molar refractivity (Wildman–Crippen MR) is 64.1 cm³/mol. The standard InChI is InChI=1S/C13H22O3/c1-6-7-8-10(4)12(11(5)14)13(15)16-9(2)3/h9H,6-8H2,1-5H3. The Labute approximate surface area is 97.9 Å². The molecule has 0 saturated heterocycles. The van der Waals surface area contributed by atoms with E-state index in [1.807, 2.05) is 6.92 Å². The van der Waals surface area contributed by atoms with Gasteiger partial charge in [-0.15, -0.1) is 0 Å². The molecule has 0 aliphatic carbocycles. The lowest BCUT2D eigenvalue weighted by Crippen LogP contribution is -2.19. The summed E-state index contributed by atoms with van der Waals surface area (Å²) in [5.41, 5.74) is 1.06. The second-order valence-electron chi connectivity index (χ2n) is 4.27. The van der Waals surface area contributed by atoms with Crippen LogP contribution in [0.4, 0.5) is 0 Å². The van der Waals surface area contributed by atoms with Crippen LogP contribution in [0.3, 0.4) is 0 Å². The van der Waals surface area contributed by atoms with E-state index in [9.17, 15) is 9.59 Å². The highest BCUT2D eigenvalue weighted by Gasteiger charge is 2.19. The topological polar surface area (TPSA) is 43.4 Å². The fourth-order valence-corrected chi connectivity index (χ4v) is 1.46. The summed E-state index contributed by atoms with van der Waals surface area (Å²) < 4.78 is 5.06. The van der Waals surface area contributed by atoms with Crippen molar-refractivity contribution in [2.75, 3.05) is 0 Å². The lowest BCUT2D eigenvalue weighted by atomic mass is 10.0. The SMILES string of the molecule is CCCCC(C)=C(C(C)=O)C(=O)OC(C)C. The van der Waals surface area contributed by atoms with E-state index in [0.29, 0.717) is 0 Å². The van der Waals surface area contributed by atoms with E-state index in [2.05, 4.69) is 6.92 Å².